The number of hydrogen-bond acceptors (Lipinski definition) is 3. The van der Waals surface area contributed by atoms with E-state index >= 15 is 0 Å². The van der Waals surface area contributed by atoms with Gasteiger partial charge < -0.3 is 0 Å². The zero-order chi connectivity index (χ0) is 14.9. The lowest BCUT2D eigenvalue weighted by molar-refractivity contribution is 0.593. The van der Waals surface area contributed by atoms with Gasteiger partial charge in [-0.25, -0.2) is 8.42 Å². The maximum atomic E-state index is 12.8. The molecule has 0 fully saturated rings. The first-order valence-electron chi connectivity index (χ1n) is 6.31. The highest BCUT2D eigenvalue weighted by molar-refractivity contribution is 7.92. The van der Waals surface area contributed by atoms with Gasteiger partial charge in [-0.05, 0) is 44.0 Å². The first kappa shape index (κ1) is 17.5. The van der Waals surface area contributed by atoms with E-state index in [9.17, 15) is 8.42 Å². The van der Waals surface area contributed by atoms with Gasteiger partial charge in [0.1, 0.15) is 0 Å². The van der Waals surface area contributed by atoms with Crippen LogP contribution in [0.1, 0.15) is 16.7 Å². The van der Waals surface area contributed by atoms with Crippen LogP contribution in [0, 0.1) is 20.8 Å². The van der Waals surface area contributed by atoms with Gasteiger partial charge in [0.15, 0.2) is 0 Å². The van der Waals surface area contributed by atoms with Gasteiger partial charge in [-0.15, -0.1) is 12.4 Å². The molecule has 21 heavy (non-hydrogen) atoms. The molecule has 0 spiro atoms. The lowest BCUT2D eigenvalue weighted by atomic mass is 10.1. The van der Waals surface area contributed by atoms with E-state index in [1.165, 1.54) is 10.5 Å². The molecule has 0 bridgehead atoms. The maximum Gasteiger partial charge on any atom is 0.264 e. The second-order valence-electron chi connectivity index (χ2n) is 4.91. The van der Waals surface area contributed by atoms with Crippen molar-refractivity contribution in [3.8, 4) is 0 Å². The Morgan fingerprint density at radius 3 is 2.14 bits per heavy atom. The smallest absolute Gasteiger partial charge is 0.264 e. The summed E-state index contributed by atoms with van der Waals surface area (Å²) in [5.41, 5.74) is 3.13. The van der Waals surface area contributed by atoms with Crippen LogP contribution in [0.25, 0.3) is 0 Å². The zero-order valence-electron chi connectivity index (χ0n) is 12.5. The van der Waals surface area contributed by atoms with Gasteiger partial charge in [0.2, 0.25) is 0 Å². The third-order valence-corrected chi connectivity index (χ3v) is 5.32. The fourth-order valence-electron chi connectivity index (χ4n) is 2.39. The molecule has 114 valence electrons. The van der Waals surface area contributed by atoms with Crippen LogP contribution in [-0.4, -0.2) is 20.4 Å². The minimum absolute atomic E-state index is 0. The molecule has 0 radical (unpaired) electrons. The van der Waals surface area contributed by atoms with E-state index in [2.05, 4.69) is 4.98 Å². The number of halogens is 1. The molecule has 0 amide bonds. The van der Waals surface area contributed by atoms with Crippen LogP contribution < -0.4 is 4.31 Å². The number of pyridine rings is 1. The second-order valence-corrected chi connectivity index (χ2v) is 6.82. The van der Waals surface area contributed by atoms with E-state index < -0.39 is 10.0 Å². The number of aromatic nitrogens is 1. The van der Waals surface area contributed by atoms with Crippen molar-refractivity contribution in [2.45, 2.75) is 25.7 Å². The van der Waals surface area contributed by atoms with Crippen molar-refractivity contribution in [2.75, 3.05) is 11.4 Å². The lowest BCUT2D eigenvalue weighted by Gasteiger charge is -2.21. The molecule has 0 saturated heterocycles. The highest BCUT2D eigenvalue weighted by Crippen LogP contribution is 2.27. The van der Waals surface area contributed by atoms with Crippen molar-refractivity contribution in [3.63, 3.8) is 0 Å². The molecule has 1 heterocycles. The van der Waals surface area contributed by atoms with Crippen molar-refractivity contribution in [1.82, 2.24) is 4.98 Å². The van der Waals surface area contributed by atoms with Gasteiger partial charge in [0.05, 0.1) is 16.8 Å². The van der Waals surface area contributed by atoms with Crippen molar-refractivity contribution in [2.24, 2.45) is 0 Å². The summed E-state index contributed by atoms with van der Waals surface area (Å²) >= 11 is 0. The largest absolute Gasteiger partial charge is 0.268 e. The Morgan fingerprint density at radius 1 is 1.10 bits per heavy atom. The minimum Gasteiger partial charge on any atom is -0.268 e. The summed E-state index contributed by atoms with van der Waals surface area (Å²) in [5, 5.41) is 0. The number of nitrogens with zero attached hydrogens (tertiary/aromatic N) is 2. The van der Waals surface area contributed by atoms with Crippen LogP contribution in [0.2, 0.25) is 0 Å². The van der Waals surface area contributed by atoms with Crippen molar-refractivity contribution in [1.29, 1.82) is 0 Å². The van der Waals surface area contributed by atoms with Gasteiger partial charge in [0, 0.05) is 13.2 Å². The third-order valence-electron chi connectivity index (χ3n) is 3.23. The Kier molecular flexibility index (Phi) is 5.36. The Bertz CT molecular complexity index is 708. The number of rotatable bonds is 3. The van der Waals surface area contributed by atoms with E-state index in [1.54, 1.807) is 25.4 Å². The molecule has 0 atom stereocenters. The molecule has 0 unspecified atom stereocenters. The summed E-state index contributed by atoms with van der Waals surface area (Å²) in [4.78, 5) is 4.34. The predicted molar refractivity (Wildman–Crippen MR) is 87.7 cm³/mol. The molecule has 1 aromatic heterocycles. The van der Waals surface area contributed by atoms with Crippen LogP contribution in [0.3, 0.4) is 0 Å². The number of aryl methyl sites for hydroxylation is 3. The Morgan fingerprint density at radius 2 is 1.67 bits per heavy atom. The van der Waals surface area contributed by atoms with Crippen LogP contribution in [-0.2, 0) is 10.0 Å². The topological polar surface area (TPSA) is 50.3 Å². The first-order valence-corrected chi connectivity index (χ1v) is 7.75. The number of sulfonamides is 1. The third kappa shape index (κ3) is 3.36. The highest BCUT2D eigenvalue weighted by Gasteiger charge is 2.25. The average molecular weight is 327 g/mol. The Labute approximate surface area is 132 Å². The summed E-state index contributed by atoms with van der Waals surface area (Å²) in [6.07, 6.45) is 3.16. The summed E-state index contributed by atoms with van der Waals surface area (Å²) in [5.74, 6) is 0. The number of benzene rings is 1. The predicted octanol–water partition coefficient (Wildman–Crippen LogP) is 3.25. The van der Waals surface area contributed by atoms with Crippen molar-refractivity contribution < 1.29 is 8.42 Å². The lowest BCUT2D eigenvalue weighted by Crippen LogP contribution is -2.28. The number of hydrogen-bond donors (Lipinski definition) is 0. The molecular weight excluding hydrogens is 308 g/mol. The van der Waals surface area contributed by atoms with Gasteiger partial charge in [-0.1, -0.05) is 17.7 Å². The molecule has 0 aliphatic rings. The molecule has 2 rings (SSSR count). The molecule has 0 aliphatic heterocycles. The Balaban J connectivity index is 0.00000220. The molecule has 0 saturated carbocycles. The van der Waals surface area contributed by atoms with Crippen molar-refractivity contribution in [3.05, 3.63) is 53.3 Å². The van der Waals surface area contributed by atoms with Crippen LogP contribution in [0.15, 0.2) is 41.6 Å². The molecular formula is C15H19ClN2O2S. The van der Waals surface area contributed by atoms with Crippen LogP contribution >= 0.6 is 12.4 Å². The summed E-state index contributed by atoms with van der Waals surface area (Å²) in [7, 11) is -2.03. The van der Waals surface area contributed by atoms with Gasteiger partial charge in [-0.2, -0.15) is 0 Å². The van der Waals surface area contributed by atoms with E-state index in [0.29, 0.717) is 10.6 Å². The Hall–Kier alpha value is -1.59. The average Bonchev–Trinajstić information content (AvgIpc) is 2.37. The molecule has 0 N–H and O–H groups in total. The SMILES string of the molecule is Cc1cc(C)c(S(=O)(=O)N(C)c2cccnc2)c(C)c1.Cl. The molecule has 4 nitrogen and oxygen atoms in total. The second kappa shape index (κ2) is 6.45. The fraction of sp³-hybridized carbons (Fsp3) is 0.267. The standard InChI is InChI=1S/C15H18N2O2S.ClH/c1-11-8-12(2)15(13(3)9-11)20(18,19)17(4)14-6-5-7-16-10-14;/h5-10H,1-4H3;1H. The van der Waals surface area contributed by atoms with Crippen LogP contribution in [0.4, 0.5) is 5.69 Å². The molecule has 2 aromatic rings. The first-order chi connectivity index (χ1) is 9.34. The summed E-state index contributed by atoms with van der Waals surface area (Å²) in [6, 6.07) is 7.22. The van der Waals surface area contributed by atoms with Gasteiger partial charge in [0.25, 0.3) is 10.0 Å². The fourth-order valence-corrected chi connectivity index (χ4v) is 3.98. The molecule has 0 aliphatic carbocycles. The zero-order valence-corrected chi connectivity index (χ0v) is 14.1. The molecule has 6 heteroatoms. The summed E-state index contributed by atoms with van der Waals surface area (Å²) < 4.78 is 26.8. The van der Waals surface area contributed by atoms with E-state index in [0.717, 1.165) is 16.7 Å². The number of anilines is 1. The maximum absolute atomic E-state index is 12.8. The summed E-state index contributed by atoms with van der Waals surface area (Å²) in [6.45, 7) is 5.61. The van der Waals surface area contributed by atoms with E-state index in [4.69, 9.17) is 0 Å². The highest BCUT2D eigenvalue weighted by atomic mass is 35.5. The monoisotopic (exact) mass is 326 g/mol. The minimum atomic E-state index is -3.58. The van der Waals surface area contributed by atoms with E-state index in [-0.39, 0.29) is 12.4 Å². The van der Waals surface area contributed by atoms with Gasteiger partial charge in [-0.3, -0.25) is 9.29 Å². The van der Waals surface area contributed by atoms with Crippen LogP contribution in [0.5, 0.6) is 0 Å². The van der Waals surface area contributed by atoms with Gasteiger partial charge >= 0.3 is 0 Å². The van der Waals surface area contributed by atoms with Crippen molar-refractivity contribution >= 4 is 28.1 Å². The molecule has 1 aromatic carbocycles. The normalized spacial score (nSPS) is 10.9. The van der Waals surface area contributed by atoms with E-state index in [1.807, 2.05) is 32.9 Å². The quantitative estimate of drug-likeness (QED) is 0.870.